The number of ether oxygens (including phenoxy) is 1. The smallest absolute Gasteiger partial charge is 0.345 e. The van der Waals surface area contributed by atoms with Crippen LogP contribution in [0.4, 0.5) is 0 Å². The van der Waals surface area contributed by atoms with Crippen molar-refractivity contribution < 1.29 is 19.1 Å². The fraction of sp³-hybridized carbons (Fsp3) is 0.269. The van der Waals surface area contributed by atoms with E-state index in [2.05, 4.69) is 21.2 Å². The predicted molar refractivity (Wildman–Crippen MR) is 137 cm³/mol. The number of nitrogens with one attached hydrogen (secondary N) is 1. The molecule has 8 heteroatoms. The fourth-order valence-electron chi connectivity index (χ4n) is 3.63. The second-order valence-electron chi connectivity index (χ2n) is 8.64. The Labute approximate surface area is 211 Å². The van der Waals surface area contributed by atoms with Crippen molar-refractivity contribution in [1.82, 2.24) is 5.32 Å². The lowest BCUT2D eigenvalue weighted by atomic mass is 9.93. The maximum atomic E-state index is 12.9. The van der Waals surface area contributed by atoms with E-state index in [1.807, 2.05) is 68.4 Å². The molecule has 0 aliphatic heterocycles. The monoisotopic (exact) mass is 542 g/mol. The molecular weight excluding hydrogens is 516 g/mol. The maximum Gasteiger partial charge on any atom is 0.345 e. The number of halogens is 1. The molecule has 34 heavy (non-hydrogen) atoms. The van der Waals surface area contributed by atoms with E-state index in [0.717, 1.165) is 19.8 Å². The van der Waals surface area contributed by atoms with E-state index in [1.165, 1.54) is 0 Å². The number of nitrogens with two attached hydrogens (primary N) is 1. The first-order valence-corrected chi connectivity index (χ1v) is 12.5. The Morgan fingerprint density at radius 3 is 2.29 bits per heavy atom. The first-order valence-electron chi connectivity index (χ1n) is 10.8. The van der Waals surface area contributed by atoms with E-state index >= 15 is 0 Å². The van der Waals surface area contributed by atoms with Crippen LogP contribution in [-0.2, 0) is 20.7 Å². The van der Waals surface area contributed by atoms with Gasteiger partial charge in [0.25, 0.3) is 0 Å². The Bertz CT molecular complexity index is 1140. The summed E-state index contributed by atoms with van der Waals surface area (Å²) in [4.78, 5) is 37.9. The van der Waals surface area contributed by atoms with Crippen molar-refractivity contribution in [3.63, 3.8) is 0 Å². The van der Waals surface area contributed by atoms with Crippen LogP contribution in [0.1, 0.15) is 42.6 Å². The molecule has 0 aliphatic carbocycles. The summed E-state index contributed by atoms with van der Waals surface area (Å²) in [5.74, 6) is -2.00. The summed E-state index contributed by atoms with van der Waals surface area (Å²) in [6, 6.07) is 19.8. The molecular formula is C26H27BrN2O4S. The molecule has 0 saturated carbocycles. The molecule has 0 aliphatic rings. The molecule has 3 aromatic rings. The Morgan fingerprint density at radius 2 is 1.71 bits per heavy atom. The molecule has 6 nitrogen and oxygen atoms in total. The van der Waals surface area contributed by atoms with Crippen LogP contribution < -0.4 is 11.1 Å². The topological polar surface area (TPSA) is 98.5 Å². The van der Waals surface area contributed by atoms with Gasteiger partial charge in [-0.15, -0.1) is 11.3 Å². The Hall–Kier alpha value is -2.81. The summed E-state index contributed by atoms with van der Waals surface area (Å²) in [6.07, 6.45) is 0.766. The highest BCUT2D eigenvalue weighted by Gasteiger charge is 2.30. The number of thiophene rings is 1. The quantitative estimate of drug-likeness (QED) is 0.274. The van der Waals surface area contributed by atoms with E-state index < -0.39 is 29.4 Å². The highest BCUT2D eigenvalue weighted by Crippen LogP contribution is 2.31. The van der Waals surface area contributed by atoms with Gasteiger partial charge in [-0.1, -0.05) is 42.5 Å². The van der Waals surface area contributed by atoms with E-state index in [1.54, 1.807) is 23.5 Å². The molecule has 1 aromatic heterocycles. The number of hydrogen-bond acceptors (Lipinski definition) is 6. The molecule has 1 atom stereocenters. The number of esters is 2. The Balaban J connectivity index is 1.68. The molecule has 0 bridgehead atoms. The average molecular weight is 543 g/mol. The van der Waals surface area contributed by atoms with Gasteiger partial charge in [-0.25, -0.2) is 9.59 Å². The van der Waals surface area contributed by atoms with Crippen molar-refractivity contribution in [3.05, 3.63) is 81.6 Å². The minimum atomic E-state index is -0.863. The number of carbonyl (C=O) groups is 3. The summed E-state index contributed by atoms with van der Waals surface area (Å²) >= 11 is 5.02. The standard InChI is InChI=1S/C26H27BrN2O4S/c1-26(2,16-17-6-4-3-5-7-17)29-20(12-15-23(28)30)25(32)33-24(31)19-10-8-18(9-11-19)21-13-14-22(27)34-21/h3-11,13-14,20,29H,12,15-16H2,1-2H3,(H2,28,30)/t20-/m0/s1. The highest BCUT2D eigenvalue weighted by atomic mass is 79.9. The molecule has 0 fully saturated rings. The van der Waals surface area contributed by atoms with Crippen LogP contribution in [-0.4, -0.2) is 29.4 Å². The van der Waals surface area contributed by atoms with Crippen LogP contribution in [0, 0.1) is 0 Å². The highest BCUT2D eigenvalue weighted by molar-refractivity contribution is 9.11. The molecule has 0 radical (unpaired) electrons. The van der Waals surface area contributed by atoms with Gasteiger partial charge in [0.1, 0.15) is 6.04 Å². The van der Waals surface area contributed by atoms with E-state index in [9.17, 15) is 14.4 Å². The Kier molecular flexibility index (Phi) is 8.77. The molecule has 0 unspecified atom stereocenters. The van der Waals surface area contributed by atoms with Gasteiger partial charge in [-0.2, -0.15) is 0 Å². The van der Waals surface area contributed by atoms with Crippen LogP contribution in [0.3, 0.4) is 0 Å². The predicted octanol–water partition coefficient (Wildman–Crippen LogP) is 5.11. The molecule has 3 N–H and O–H groups in total. The molecule has 1 heterocycles. The average Bonchev–Trinajstić information content (AvgIpc) is 3.23. The van der Waals surface area contributed by atoms with Crippen LogP contribution >= 0.6 is 27.3 Å². The van der Waals surface area contributed by atoms with Gasteiger partial charge < -0.3 is 10.5 Å². The zero-order valence-electron chi connectivity index (χ0n) is 19.0. The summed E-state index contributed by atoms with van der Waals surface area (Å²) in [5.41, 5.74) is 7.12. The van der Waals surface area contributed by atoms with Crippen molar-refractivity contribution in [2.75, 3.05) is 0 Å². The number of hydrogen-bond donors (Lipinski definition) is 2. The van der Waals surface area contributed by atoms with E-state index in [-0.39, 0.29) is 18.4 Å². The van der Waals surface area contributed by atoms with Crippen molar-refractivity contribution in [2.45, 2.75) is 44.7 Å². The normalized spacial score (nSPS) is 12.2. The number of benzene rings is 2. The minimum Gasteiger partial charge on any atom is -0.388 e. The van der Waals surface area contributed by atoms with Crippen molar-refractivity contribution in [3.8, 4) is 10.4 Å². The number of rotatable bonds is 10. The SMILES string of the molecule is CC(C)(Cc1ccccc1)N[C@@H](CCC(N)=O)C(=O)OC(=O)c1ccc(-c2ccc(Br)s2)cc1. The van der Waals surface area contributed by atoms with Gasteiger partial charge in [-0.3, -0.25) is 10.1 Å². The Morgan fingerprint density at radius 1 is 1.03 bits per heavy atom. The summed E-state index contributed by atoms with van der Waals surface area (Å²) in [5, 5.41) is 3.25. The van der Waals surface area contributed by atoms with Gasteiger partial charge in [0.15, 0.2) is 0 Å². The third-order valence-electron chi connectivity index (χ3n) is 5.19. The van der Waals surface area contributed by atoms with Crippen molar-refractivity contribution in [1.29, 1.82) is 0 Å². The van der Waals surface area contributed by atoms with Gasteiger partial charge >= 0.3 is 11.9 Å². The molecule has 178 valence electrons. The lowest BCUT2D eigenvalue weighted by Crippen LogP contribution is -2.51. The van der Waals surface area contributed by atoms with Crippen LogP contribution in [0.25, 0.3) is 10.4 Å². The number of carbonyl (C=O) groups excluding carboxylic acids is 3. The molecule has 1 amide bonds. The van der Waals surface area contributed by atoms with Gasteiger partial charge in [-0.05, 0) is 78.0 Å². The molecule has 3 rings (SSSR count). The molecule has 2 aromatic carbocycles. The van der Waals surface area contributed by atoms with Crippen LogP contribution in [0.2, 0.25) is 0 Å². The zero-order valence-corrected chi connectivity index (χ0v) is 21.4. The minimum absolute atomic E-state index is 0.00650. The summed E-state index contributed by atoms with van der Waals surface area (Å²) in [7, 11) is 0. The summed E-state index contributed by atoms with van der Waals surface area (Å²) in [6.45, 7) is 3.90. The summed E-state index contributed by atoms with van der Waals surface area (Å²) < 4.78 is 6.19. The van der Waals surface area contributed by atoms with Crippen molar-refractivity contribution >= 4 is 45.1 Å². The van der Waals surface area contributed by atoms with Gasteiger partial charge in [0.2, 0.25) is 5.91 Å². The molecule has 0 saturated heterocycles. The largest absolute Gasteiger partial charge is 0.388 e. The third-order valence-corrected chi connectivity index (χ3v) is 6.86. The van der Waals surface area contributed by atoms with Crippen LogP contribution in [0.5, 0.6) is 0 Å². The van der Waals surface area contributed by atoms with Gasteiger partial charge in [0.05, 0.1) is 9.35 Å². The first kappa shape index (κ1) is 25.8. The fourth-order valence-corrected chi connectivity index (χ4v) is 5.02. The third kappa shape index (κ3) is 7.62. The number of amides is 1. The van der Waals surface area contributed by atoms with E-state index in [0.29, 0.717) is 6.42 Å². The van der Waals surface area contributed by atoms with Gasteiger partial charge in [0, 0.05) is 16.8 Å². The van der Waals surface area contributed by atoms with Crippen molar-refractivity contribution in [2.24, 2.45) is 5.73 Å². The first-order chi connectivity index (χ1) is 16.1. The lowest BCUT2D eigenvalue weighted by Gasteiger charge is -2.31. The molecule has 0 spiro atoms. The second kappa shape index (κ2) is 11.6. The lowest BCUT2D eigenvalue weighted by molar-refractivity contribution is -0.141. The maximum absolute atomic E-state index is 12.9. The number of primary amides is 1. The van der Waals surface area contributed by atoms with Crippen LogP contribution in [0.15, 0.2) is 70.5 Å². The van der Waals surface area contributed by atoms with E-state index in [4.69, 9.17) is 10.5 Å². The second-order valence-corrected chi connectivity index (χ2v) is 11.1. The zero-order chi connectivity index (χ0) is 24.7.